The maximum atomic E-state index is 14.2. The first-order chi connectivity index (χ1) is 9.22. The Morgan fingerprint density at radius 1 is 1.21 bits per heavy atom. The summed E-state index contributed by atoms with van der Waals surface area (Å²) in [6, 6.07) is 10.4. The van der Waals surface area contributed by atoms with Crippen molar-refractivity contribution in [2.45, 2.75) is 6.92 Å². The van der Waals surface area contributed by atoms with E-state index in [1.807, 2.05) is 25.1 Å². The third kappa shape index (κ3) is 1.67. The molecule has 0 bridgehead atoms. The molecule has 0 amide bonds. The fourth-order valence-corrected chi connectivity index (χ4v) is 2.33. The molecule has 19 heavy (non-hydrogen) atoms. The van der Waals surface area contributed by atoms with Crippen LogP contribution in [0.3, 0.4) is 0 Å². The lowest BCUT2D eigenvalue weighted by Crippen LogP contribution is -1.93. The summed E-state index contributed by atoms with van der Waals surface area (Å²) >= 11 is 0. The van der Waals surface area contributed by atoms with Gasteiger partial charge in [-0.15, -0.1) is 0 Å². The Balaban J connectivity index is 2.46. The highest BCUT2D eigenvalue weighted by Gasteiger charge is 2.16. The van der Waals surface area contributed by atoms with E-state index in [4.69, 9.17) is 0 Å². The van der Waals surface area contributed by atoms with Gasteiger partial charge in [0.1, 0.15) is 5.82 Å². The van der Waals surface area contributed by atoms with Crippen molar-refractivity contribution in [3.63, 3.8) is 0 Å². The maximum Gasteiger partial charge on any atom is 0.132 e. The average Bonchev–Trinajstić information content (AvgIpc) is 2.87. The van der Waals surface area contributed by atoms with Crippen molar-refractivity contribution in [1.82, 2.24) is 10.2 Å². The molecule has 0 unspecified atom stereocenters. The van der Waals surface area contributed by atoms with E-state index in [-0.39, 0.29) is 0 Å². The molecular weight excluding hydrogens is 241 g/mol. The van der Waals surface area contributed by atoms with Crippen LogP contribution in [0.5, 0.6) is 0 Å². The molecule has 0 spiro atoms. The van der Waals surface area contributed by atoms with E-state index >= 15 is 0 Å². The van der Waals surface area contributed by atoms with E-state index in [1.54, 1.807) is 18.3 Å². The fraction of sp³-hybridized carbons (Fsp3) is 0.0667. The molecule has 4 heteroatoms. The van der Waals surface area contributed by atoms with Crippen LogP contribution in [-0.2, 0) is 0 Å². The van der Waals surface area contributed by atoms with E-state index < -0.39 is 5.82 Å². The number of benzene rings is 2. The average molecular weight is 251 g/mol. The highest BCUT2D eigenvalue weighted by atomic mass is 19.1. The predicted octanol–water partition coefficient (Wildman–Crippen LogP) is 3.55. The Bertz CT molecular complexity index is 812. The zero-order chi connectivity index (χ0) is 13.4. The molecule has 0 aliphatic heterocycles. The Hall–Kier alpha value is -2.67. The number of H-pyrrole nitrogens is 1. The van der Waals surface area contributed by atoms with Gasteiger partial charge >= 0.3 is 0 Å². The summed E-state index contributed by atoms with van der Waals surface area (Å²) in [7, 11) is 0. The highest BCUT2D eigenvalue weighted by molar-refractivity contribution is 5.97. The SMILES string of the molecule is Cc1ccc2[nH]ncc2c1-c1c(F)cccc1C#N. The highest BCUT2D eigenvalue weighted by Crippen LogP contribution is 2.34. The van der Waals surface area contributed by atoms with E-state index in [9.17, 15) is 9.65 Å². The van der Waals surface area contributed by atoms with Gasteiger partial charge < -0.3 is 0 Å². The molecule has 0 saturated heterocycles. The predicted molar refractivity (Wildman–Crippen MR) is 70.9 cm³/mol. The van der Waals surface area contributed by atoms with E-state index in [1.165, 1.54) is 6.07 Å². The second kappa shape index (κ2) is 4.21. The number of nitrogens with zero attached hydrogens (tertiary/aromatic N) is 2. The van der Waals surface area contributed by atoms with Crippen LogP contribution in [0.4, 0.5) is 4.39 Å². The molecule has 1 heterocycles. The number of aromatic nitrogens is 2. The maximum absolute atomic E-state index is 14.2. The third-order valence-corrected chi connectivity index (χ3v) is 3.22. The van der Waals surface area contributed by atoms with Crippen LogP contribution in [0.25, 0.3) is 22.0 Å². The van der Waals surface area contributed by atoms with Gasteiger partial charge in [-0.2, -0.15) is 10.4 Å². The molecule has 92 valence electrons. The quantitative estimate of drug-likeness (QED) is 0.719. The molecule has 0 radical (unpaired) electrons. The van der Waals surface area contributed by atoms with Crippen LogP contribution in [0.2, 0.25) is 0 Å². The number of hydrogen-bond donors (Lipinski definition) is 1. The van der Waals surface area contributed by atoms with Crippen molar-refractivity contribution in [3.8, 4) is 17.2 Å². The summed E-state index contributed by atoms with van der Waals surface area (Å²) < 4.78 is 14.2. The number of hydrogen-bond acceptors (Lipinski definition) is 2. The van der Waals surface area contributed by atoms with Crippen LogP contribution in [0.15, 0.2) is 36.5 Å². The van der Waals surface area contributed by atoms with Crippen LogP contribution in [0, 0.1) is 24.1 Å². The number of halogens is 1. The van der Waals surface area contributed by atoms with Gasteiger partial charge in [0.15, 0.2) is 0 Å². The van der Waals surface area contributed by atoms with Gasteiger partial charge in [-0.3, -0.25) is 5.10 Å². The van der Waals surface area contributed by atoms with Crippen LogP contribution < -0.4 is 0 Å². The van der Waals surface area contributed by atoms with Gasteiger partial charge in [0.05, 0.1) is 23.3 Å². The van der Waals surface area contributed by atoms with Crippen molar-refractivity contribution < 1.29 is 4.39 Å². The lowest BCUT2D eigenvalue weighted by molar-refractivity contribution is 0.631. The Labute approximate surface area is 109 Å². The van der Waals surface area contributed by atoms with Crippen molar-refractivity contribution in [1.29, 1.82) is 5.26 Å². The van der Waals surface area contributed by atoms with Crippen molar-refractivity contribution >= 4 is 10.9 Å². The second-order valence-electron chi connectivity index (χ2n) is 4.36. The van der Waals surface area contributed by atoms with Crippen LogP contribution in [-0.4, -0.2) is 10.2 Å². The number of aryl methyl sites for hydroxylation is 1. The Kier molecular flexibility index (Phi) is 2.53. The van der Waals surface area contributed by atoms with Crippen molar-refractivity contribution in [2.75, 3.05) is 0 Å². The first-order valence-corrected chi connectivity index (χ1v) is 5.84. The van der Waals surface area contributed by atoms with Crippen molar-refractivity contribution in [3.05, 3.63) is 53.5 Å². The largest absolute Gasteiger partial charge is 0.278 e. The number of rotatable bonds is 1. The third-order valence-electron chi connectivity index (χ3n) is 3.22. The van der Waals surface area contributed by atoms with Gasteiger partial charge in [0.25, 0.3) is 0 Å². The molecule has 0 atom stereocenters. The minimum Gasteiger partial charge on any atom is -0.278 e. The Morgan fingerprint density at radius 2 is 2.05 bits per heavy atom. The summed E-state index contributed by atoms with van der Waals surface area (Å²) in [5, 5.41) is 16.8. The lowest BCUT2D eigenvalue weighted by Gasteiger charge is -2.10. The fourth-order valence-electron chi connectivity index (χ4n) is 2.33. The van der Waals surface area contributed by atoms with Gasteiger partial charge in [0.2, 0.25) is 0 Å². The summed E-state index contributed by atoms with van der Waals surface area (Å²) in [5.41, 5.74) is 3.13. The van der Waals surface area contributed by atoms with Crippen LogP contribution in [0.1, 0.15) is 11.1 Å². The van der Waals surface area contributed by atoms with Crippen molar-refractivity contribution in [2.24, 2.45) is 0 Å². The molecule has 2 aromatic carbocycles. The monoisotopic (exact) mass is 251 g/mol. The number of fused-ring (bicyclic) bond motifs is 1. The summed E-state index contributed by atoms with van der Waals surface area (Å²) in [5.74, 6) is -0.393. The van der Waals surface area contributed by atoms with Gasteiger partial charge in [-0.05, 0) is 36.2 Å². The second-order valence-corrected chi connectivity index (χ2v) is 4.36. The summed E-state index contributed by atoms with van der Waals surface area (Å²) in [4.78, 5) is 0. The van der Waals surface area contributed by atoms with E-state index in [2.05, 4.69) is 10.2 Å². The minimum absolute atomic E-state index is 0.330. The molecule has 3 nitrogen and oxygen atoms in total. The number of aromatic amines is 1. The number of nitriles is 1. The molecular formula is C15H10FN3. The zero-order valence-electron chi connectivity index (χ0n) is 10.2. The van der Waals surface area contributed by atoms with Gasteiger partial charge in [-0.1, -0.05) is 12.1 Å². The lowest BCUT2D eigenvalue weighted by atomic mass is 9.93. The molecule has 0 aliphatic carbocycles. The minimum atomic E-state index is -0.393. The standard InChI is InChI=1S/C15H10FN3/c1-9-5-6-13-11(8-18-19-13)14(9)15-10(7-17)3-2-4-12(15)16/h2-6,8H,1H3,(H,18,19). The summed E-state index contributed by atoms with van der Waals surface area (Å²) in [6.45, 7) is 1.90. The van der Waals surface area contributed by atoms with Gasteiger partial charge in [-0.25, -0.2) is 4.39 Å². The number of nitrogens with one attached hydrogen (secondary N) is 1. The topological polar surface area (TPSA) is 52.5 Å². The summed E-state index contributed by atoms with van der Waals surface area (Å²) in [6.07, 6.45) is 1.66. The van der Waals surface area contributed by atoms with E-state index in [0.29, 0.717) is 11.1 Å². The van der Waals surface area contributed by atoms with Crippen LogP contribution >= 0.6 is 0 Å². The first kappa shape index (κ1) is 11.4. The molecule has 0 aliphatic rings. The normalized spacial score (nSPS) is 10.6. The molecule has 0 fully saturated rings. The molecule has 1 N–H and O–H groups in total. The molecule has 1 aromatic heterocycles. The molecule has 0 saturated carbocycles. The molecule has 3 aromatic rings. The Morgan fingerprint density at radius 3 is 2.84 bits per heavy atom. The first-order valence-electron chi connectivity index (χ1n) is 5.84. The smallest absolute Gasteiger partial charge is 0.132 e. The zero-order valence-corrected chi connectivity index (χ0v) is 10.2. The van der Waals surface area contributed by atoms with E-state index in [0.717, 1.165) is 22.0 Å². The van der Waals surface area contributed by atoms with Gasteiger partial charge in [0, 0.05) is 10.9 Å². The molecule has 3 rings (SSSR count).